The molecule has 1 amide bonds. The van der Waals surface area contributed by atoms with Gasteiger partial charge in [0.2, 0.25) is 0 Å². The zero-order valence-corrected chi connectivity index (χ0v) is 18.6. The number of aromatic nitrogens is 4. The van der Waals surface area contributed by atoms with E-state index in [1.54, 1.807) is 4.68 Å². The molecule has 30 heavy (non-hydrogen) atoms. The number of nitrogens with zero attached hydrogens (tertiary/aromatic N) is 5. The predicted octanol–water partition coefficient (Wildman–Crippen LogP) is 3.63. The summed E-state index contributed by atoms with van der Waals surface area (Å²) in [6.07, 6.45) is 5.08. The van der Waals surface area contributed by atoms with Crippen molar-refractivity contribution >= 4 is 11.9 Å². The second-order valence-corrected chi connectivity index (χ2v) is 9.72. The summed E-state index contributed by atoms with van der Waals surface area (Å²) in [5, 5.41) is 16.5. The average Bonchev–Trinajstić information content (AvgIpc) is 3.23. The van der Waals surface area contributed by atoms with E-state index in [9.17, 15) is 4.79 Å². The molecule has 3 heterocycles. The Hall–Kier alpha value is -2.64. The maximum Gasteiger partial charge on any atom is 0.410 e. The van der Waals surface area contributed by atoms with Gasteiger partial charge in [-0.15, -0.1) is 10.2 Å². The van der Waals surface area contributed by atoms with Crippen molar-refractivity contribution in [2.75, 3.05) is 25.0 Å². The molecule has 0 radical (unpaired) electrons. The molecule has 1 spiro atoms. The summed E-state index contributed by atoms with van der Waals surface area (Å²) in [6.45, 7) is 10.2. The summed E-state index contributed by atoms with van der Waals surface area (Å²) in [4.78, 5) is 14.1. The van der Waals surface area contributed by atoms with E-state index in [0.29, 0.717) is 11.3 Å². The van der Waals surface area contributed by atoms with Gasteiger partial charge in [0.1, 0.15) is 11.4 Å². The second kappa shape index (κ2) is 7.56. The lowest BCUT2D eigenvalue weighted by atomic mass is 9.91. The number of nitrogens with one attached hydrogen (secondary N) is 1. The van der Waals surface area contributed by atoms with Crippen LogP contribution in [0.15, 0.2) is 18.3 Å². The van der Waals surface area contributed by atoms with Gasteiger partial charge >= 0.3 is 6.09 Å². The number of amides is 1. The number of rotatable bonds is 4. The summed E-state index contributed by atoms with van der Waals surface area (Å²) in [6, 6.07) is 3.97. The highest BCUT2D eigenvalue weighted by atomic mass is 16.6. The molecule has 1 aliphatic carbocycles. The zero-order valence-electron chi connectivity index (χ0n) is 18.6. The average molecular weight is 413 g/mol. The molecule has 2 aliphatic rings. The highest BCUT2D eigenvalue weighted by molar-refractivity contribution is 5.68. The van der Waals surface area contributed by atoms with Crippen molar-refractivity contribution in [3.05, 3.63) is 24.0 Å². The van der Waals surface area contributed by atoms with Gasteiger partial charge in [0.15, 0.2) is 0 Å². The number of hydrogen-bond donors (Lipinski definition) is 1. The Bertz CT molecular complexity index is 907. The molecule has 1 saturated carbocycles. The van der Waals surface area contributed by atoms with Gasteiger partial charge in [0.05, 0.1) is 11.4 Å². The molecule has 1 atom stereocenters. The van der Waals surface area contributed by atoms with Crippen LogP contribution < -0.4 is 5.32 Å². The Morgan fingerprint density at radius 2 is 2.00 bits per heavy atom. The summed E-state index contributed by atoms with van der Waals surface area (Å²) >= 11 is 0. The molecule has 162 valence electrons. The lowest BCUT2D eigenvalue weighted by Gasteiger charge is -2.34. The lowest BCUT2D eigenvalue weighted by molar-refractivity contribution is 0.0166. The SMILES string of the molecule is Cc1nn(C)cc1-c1ccc(NCC2CC23CCN(C(=O)OC(C)(C)C)CC3)nn1. The van der Waals surface area contributed by atoms with Crippen LogP contribution in [-0.2, 0) is 11.8 Å². The van der Waals surface area contributed by atoms with Gasteiger partial charge in [-0.1, -0.05) is 0 Å². The Labute approximate surface area is 178 Å². The number of hydrogen-bond acceptors (Lipinski definition) is 6. The highest BCUT2D eigenvalue weighted by Gasteiger charge is 2.54. The van der Waals surface area contributed by atoms with Gasteiger partial charge in [0.25, 0.3) is 0 Å². The van der Waals surface area contributed by atoms with Gasteiger partial charge in [-0.05, 0) is 70.4 Å². The van der Waals surface area contributed by atoms with Crippen molar-refractivity contribution in [1.29, 1.82) is 0 Å². The first-order valence-electron chi connectivity index (χ1n) is 10.7. The van der Waals surface area contributed by atoms with Gasteiger partial charge in [-0.25, -0.2) is 4.79 Å². The first-order valence-corrected chi connectivity index (χ1v) is 10.7. The molecule has 2 aromatic heterocycles. The minimum Gasteiger partial charge on any atom is -0.444 e. The van der Waals surface area contributed by atoms with E-state index < -0.39 is 5.60 Å². The molecule has 0 aromatic carbocycles. The third kappa shape index (κ3) is 4.42. The molecule has 2 aromatic rings. The molecule has 1 N–H and O–H groups in total. The first kappa shape index (κ1) is 20.6. The first-order chi connectivity index (χ1) is 14.2. The van der Waals surface area contributed by atoms with E-state index in [-0.39, 0.29) is 6.09 Å². The van der Waals surface area contributed by atoms with Crippen LogP contribution in [0.1, 0.15) is 45.7 Å². The normalized spacial score (nSPS) is 20.3. The van der Waals surface area contributed by atoms with Crippen LogP contribution in [0.4, 0.5) is 10.6 Å². The molecule has 1 unspecified atom stereocenters. The van der Waals surface area contributed by atoms with Crippen molar-refractivity contribution in [2.45, 2.75) is 52.6 Å². The Morgan fingerprint density at radius 3 is 2.57 bits per heavy atom. The minimum atomic E-state index is -0.440. The lowest BCUT2D eigenvalue weighted by Crippen LogP contribution is -2.42. The fourth-order valence-corrected chi connectivity index (χ4v) is 4.44. The Kier molecular flexibility index (Phi) is 5.20. The number of aryl methyl sites for hydroxylation is 2. The van der Waals surface area contributed by atoms with Gasteiger partial charge < -0.3 is 15.0 Å². The molecule has 2 fully saturated rings. The van der Waals surface area contributed by atoms with Crippen molar-refractivity contribution < 1.29 is 9.53 Å². The van der Waals surface area contributed by atoms with E-state index in [4.69, 9.17) is 4.74 Å². The van der Waals surface area contributed by atoms with E-state index in [0.717, 1.165) is 55.2 Å². The molecule has 4 rings (SSSR count). The fraction of sp³-hybridized carbons (Fsp3) is 0.636. The van der Waals surface area contributed by atoms with Gasteiger partial charge in [-0.3, -0.25) is 4.68 Å². The smallest absolute Gasteiger partial charge is 0.410 e. The fourth-order valence-electron chi connectivity index (χ4n) is 4.44. The molecule has 8 heteroatoms. The number of likely N-dealkylation sites (tertiary alicyclic amines) is 1. The molecular weight excluding hydrogens is 380 g/mol. The van der Waals surface area contributed by atoms with Crippen molar-refractivity contribution in [2.24, 2.45) is 18.4 Å². The number of carbonyl (C=O) groups excluding carboxylic acids is 1. The number of anilines is 1. The summed E-state index contributed by atoms with van der Waals surface area (Å²) in [5.41, 5.74) is 2.72. The third-order valence-electron chi connectivity index (χ3n) is 6.25. The minimum absolute atomic E-state index is 0.188. The van der Waals surface area contributed by atoms with E-state index in [1.165, 1.54) is 6.42 Å². The van der Waals surface area contributed by atoms with Crippen LogP contribution in [0.2, 0.25) is 0 Å². The van der Waals surface area contributed by atoms with Crippen LogP contribution in [0.3, 0.4) is 0 Å². The number of carbonyl (C=O) groups is 1. The Balaban J connectivity index is 1.26. The monoisotopic (exact) mass is 412 g/mol. The summed E-state index contributed by atoms with van der Waals surface area (Å²) < 4.78 is 7.29. The van der Waals surface area contributed by atoms with Gasteiger partial charge in [-0.2, -0.15) is 5.10 Å². The number of ether oxygens (including phenoxy) is 1. The molecule has 1 aliphatic heterocycles. The van der Waals surface area contributed by atoms with Gasteiger partial charge in [0, 0.05) is 38.4 Å². The van der Waals surface area contributed by atoms with Crippen LogP contribution in [-0.4, -0.2) is 56.2 Å². The summed E-state index contributed by atoms with van der Waals surface area (Å²) in [5.74, 6) is 1.42. The van der Waals surface area contributed by atoms with Crippen molar-refractivity contribution in [1.82, 2.24) is 24.9 Å². The number of piperidine rings is 1. The molecule has 1 saturated heterocycles. The third-order valence-corrected chi connectivity index (χ3v) is 6.25. The van der Waals surface area contributed by atoms with Crippen LogP contribution >= 0.6 is 0 Å². The van der Waals surface area contributed by atoms with Crippen molar-refractivity contribution in [3.8, 4) is 11.3 Å². The molecule has 0 bridgehead atoms. The quantitative estimate of drug-likeness (QED) is 0.825. The van der Waals surface area contributed by atoms with Crippen LogP contribution in [0.25, 0.3) is 11.3 Å². The van der Waals surface area contributed by atoms with Crippen LogP contribution in [0, 0.1) is 18.3 Å². The molecular formula is C22H32N6O2. The van der Waals surface area contributed by atoms with E-state index in [2.05, 4.69) is 20.6 Å². The second-order valence-electron chi connectivity index (χ2n) is 9.72. The van der Waals surface area contributed by atoms with E-state index >= 15 is 0 Å². The maximum absolute atomic E-state index is 12.3. The Morgan fingerprint density at radius 1 is 1.27 bits per heavy atom. The van der Waals surface area contributed by atoms with Crippen molar-refractivity contribution in [3.63, 3.8) is 0 Å². The molecule has 8 nitrogen and oxygen atoms in total. The zero-order chi connectivity index (χ0) is 21.5. The maximum atomic E-state index is 12.3. The summed E-state index contributed by atoms with van der Waals surface area (Å²) in [7, 11) is 1.91. The highest BCUT2D eigenvalue weighted by Crippen LogP contribution is 2.59. The standard InChI is InChI=1S/C22H32N6O2/c1-15-17(14-27(5)26-15)18-6-7-19(25-24-18)23-13-16-12-22(16)8-10-28(11-9-22)20(29)30-21(2,3)4/h6-7,14,16H,8-13H2,1-5H3,(H,23,25). The topological polar surface area (TPSA) is 85.2 Å². The largest absolute Gasteiger partial charge is 0.444 e. The predicted molar refractivity (Wildman–Crippen MR) is 115 cm³/mol. The van der Waals surface area contributed by atoms with E-state index in [1.807, 2.05) is 58.0 Å². The van der Waals surface area contributed by atoms with Crippen LogP contribution in [0.5, 0.6) is 0 Å².